The summed E-state index contributed by atoms with van der Waals surface area (Å²) in [6, 6.07) is 26.3. The zero-order valence-electron chi connectivity index (χ0n) is 31.4. The lowest BCUT2D eigenvalue weighted by Crippen LogP contribution is -2.53. The number of halogens is 2. The first-order valence-corrected chi connectivity index (χ1v) is 19.8. The quantitative estimate of drug-likeness (QED) is 0.0713. The van der Waals surface area contributed by atoms with Crippen LogP contribution in [0.2, 0.25) is 5.02 Å². The van der Waals surface area contributed by atoms with E-state index in [2.05, 4.69) is 5.43 Å². The Balaban J connectivity index is 1.23. The molecule has 298 valence electrons. The molecule has 4 aromatic rings. The minimum absolute atomic E-state index is 0.00654. The number of carboxylic acid groups (broad SMARTS) is 1. The lowest BCUT2D eigenvalue weighted by molar-refractivity contribution is -0.141. The lowest BCUT2D eigenvalue weighted by Gasteiger charge is -2.50. The molecule has 58 heavy (non-hydrogen) atoms. The Labute approximate surface area is 339 Å². The summed E-state index contributed by atoms with van der Waals surface area (Å²) in [5.41, 5.74) is 3.93. The van der Waals surface area contributed by atoms with Crippen molar-refractivity contribution >= 4 is 46.9 Å². The number of phenolic OH excluding ortho intramolecular Hbond substituents is 1. The largest absolute Gasteiger partial charge is 0.508 e. The van der Waals surface area contributed by atoms with Gasteiger partial charge in [0.2, 0.25) is 11.8 Å². The van der Waals surface area contributed by atoms with Gasteiger partial charge >= 0.3 is 5.97 Å². The number of aromatic hydroxyl groups is 1. The number of unbranched alkanes of at least 4 members (excludes halogenated alkanes) is 2. The van der Waals surface area contributed by atoms with Gasteiger partial charge < -0.3 is 14.9 Å². The van der Waals surface area contributed by atoms with Crippen LogP contribution in [-0.4, -0.2) is 56.3 Å². The number of hydrogen-bond acceptors (Lipinski definition) is 8. The molecule has 2 aliphatic heterocycles. The molecule has 11 nitrogen and oxygen atoms in total. The molecule has 4 amide bonds. The van der Waals surface area contributed by atoms with Gasteiger partial charge in [-0.25, -0.2) is 4.39 Å². The van der Waals surface area contributed by atoms with E-state index in [-0.39, 0.29) is 50.0 Å². The highest BCUT2D eigenvalue weighted by Crippen LogP contribution is 2.65. The molecule has 2 saturated heterocycles. The Bertz CT molecular complexity index is 2300. The number of hydrogen-bond donors (Lipinski definition) is 3. The molecule has 13 heteroatoms. The van der Waals surface area contributed by atoms with Gasteiger partial charge in [0.15, 0.2) is 0 Å². The van der Waals surface area contributed by atoms with Crippen molar-refractivity contribution in [3.63, 3.8) is 0 Å². The van der Waals surface area contributed by atoms with Gasteiger partial charge in [-0.2, -0.15) is 5.01 Å². The number of aliphatic carboxylic acids is 1. The fourth-order valence-electron chi connectivity index (χ4n) is 9.61. The zero-order valence-corrected chi connectivity index (χ0v) is 32.1. The highest BCUT2D eigenvalue weighted by Gasteiger charge is 2.70. The molecule has 3 fully saturated rings. The van der Waals surface area contributed by atoms with Crippen molar-refractivity contribution < 1.29 is 43.3 Å². The summed E-state index contributed by atoms with van der Waals surface area (Å²) in [7, 11) is 0. The first-order chi connectivity index (χ1) is 28.0. The number of amides is 4. The predicted molar refractivity (Wildman–Crippen MR) is 211 cm³/mol. The monoisotopic (exact) mass is 805 g/mol. The number of allylic oxidation sites excluding steroid dienone is 2. The van der Waals surface area contributed by atoms with Crippen LogP contribution in [0.1, 0.15) is 61.1 Å². The number of benzene rings is 4. The van der Waals surface area contributed by atoms with Crippen LogP contribution in [0.25, 0.3) is 0 Å². The van der Waals surface area contributed by atoms with Crippen LogP contribution in [0, 0.1) is 29.5 Å². The van der Waals surface area contributed by atoms with Crippen molar-refractivity contribution in [2.24, 2.45) is 23.7 Å². The number of imide groups is 2. The third-order valence-corrected chi connectivity index (χ3v) is 12.4. The number of ether oxygens (including phenoxy) is 1. The van der Waals surface area contributed by atoms with Gasteiger partial charge in [-0.1, -0.05) is 78.2 Å². The standard InChI is InChI=1S/C45H41ClFN3O8/c46-28-12-10-27(11-13-28)45-36(42(55)50(44(45)57)48-30-16-14-29(47)15-17-30)24-35-32(20-21-34-39(35)43(56)49(41(34)54)22-6-2-5-9-38(52)53)40(45)33-19-18-31(23-37(33)51)58-25-26-7-3-1-4-8-26/h1,3-4,7-8,10-20,23,34-36,39-40,48,51H,2,5-6,9,21-22,24-25H2,(H,52,53)/t34-,35+,36-,39-,40+,45+/m0/s1. The van der Waals surface area contributed by atoms with Gasteiger partial charge in [0.05, 0.1) is 28.9 Å². The summed E-state index contributed by atoms with van der Waals surface area (Å²) in [5, 5.41) is 22.4. The number of phenols is 1. The van der Waals surface area contributed by atoms with Gasteiger partial charge in [0.1, 0.15) is 23.9 Å². The number of carbonyl (C=O) groups excluding carboxylic acids is 4. The average molecular weight is 806 g/mol. The number of fused-ring (bicyclic) bond motifs is 4. The number of hydrazine groups is 1. The number of nitrogens with zero attached hydrogens (tertiary/aromatic N) is 2. The SMILES string of the molecule is O=C(O)CCCCCN1C(=O)[C@H]2[C@H](CC=C3[C@H]2C[C@H]2C(=O)N(Nc4ccc(F)cc4)C(=O)[C@@]2(c2ccc(Cl)cc2)[C@H]3c2ccc(OCc3ccccc3)cc2O)C1=O. The van der Waals surface area contributed by atoms with E-state index in [0.717, 1.165) is 10.6 Å². The van der Waals surface area contributed by atoms with Gasteiger partial charge in [-0.15, -0.1) is 0 Å². The molecule has 0 spiro atoms. The highest BCUT2D eigenvalue weighted by molar-refractivity contribution is 6.30. The summed E-state index contributed by atoms with van der Waals surface area (Å²) in [4.78, 5) is 70.8. The second-order valence-corrected chi connectivity index (χ2v) is 15.8. The first kappa shape index (κ1) is 38.8. The summed E-state index contributed by atoms with van der Waals surface area (Å²) >= 11 is 6.39. The molecule has 8 rings (SSSR count). The Morgan fingerprint density at radius 3 is 2.33 bits per heavy atom. The summed E-state index contributed by atoms with van der Waals surface area (Å²) in [5.74, 6) is -7.34. The molecule has 4 aromatic carbocycles. The normalized spacial score (nSPS) is 24.9. The number of rotatable bonds is 13. The van der Waals surface area contributed by atoms with Crippen molar-refractivity contribution in [2.45, 2.75) is 56.5 Å². The minimum Gasteiger partial charge on any atom is -0.508 e. The predicted octanol–water partition coefficient (Wildman–Crippen LogP) is 7.39. The molecule has 2 heterocycles. The molecule has 3 N–H and O–H groups in total. The van der Waals surface area contributed by atoms with E-state index in [0.29, 0.717) is 52.4 Å². The highest BCUT2D eigenvalue weighted by atomic mass is 35.5. The third kappa shape index (κ3) is 6.78. The smallest absolute Gasteiger partial charge is 0.303 e. The Hall–Kier alpha value is -6.01. The van der Waals surface area contributed by atoms with Crippen LogP contribution in [0.4, 0.5) is 10.1 Å². The topological polar surface area (TPSA) is 154 Å². The van der Waals surface area contributed by atoms with Crippen LogP contribution >= 0.6 is 11.6 Å². The molecule has 0 unspecified atom stereocenters. The number of nitrogens with one attached hydrogen (secondary N) is 1. The number of likely N-dealkylation sites (tertiary alicyclic amines) is 1. The Morgan fingerprint density at radius 2 is 1.62 bits per heavy atom. The zero-order chi connectivity index (χ0) is 40.7. The second kappa shape index (κ2) is 15.7. The summed E-state index contributed by atoms with van der Waals surface area (Å²) in [6.45, 7) is 0.380. The number of carboxylic acids is 1. The number of carbonyl (C=O) groups is 5. The fourth-order valence-corrected chi connectivity index (χ4v) is 9.73. The molecule has 0 aromatic heterocycles. The maximum atomic E-state index is 15.4. The van der Waals surface area contributed by atoms with Crippen LogP contribution in [0.3, 0.4) is 0 Å². The van der Waals surface area contributed by atoms with E-state index < -0.39 is 58.6 Å². The molecule has 6 atom stereocenters. The van der Waals surface area contributed by atoms with Crippen molar-refractivity contribution in [3.05, 3.63) is 136 Å². The van der Waals surface area contributed by atoms with Crippen molar-refractivity contribution in [2.75, 3.05) is 12.0 Å². The van der Waals surface area contributed by atoms with Crippen LogP contribution in [0.15, 0.2) is 109 Å². The number of anilines is 1. The van der Waals surface area contributed by atoms with Crippen molar-refractivity contribution in [1.29, 1.82) is 0 Å². The maximum Gasteiger partial charge on any atom is 0.303 e. The maximum absolute atomic E-state index is 15.4. The molecular formula is C45H41ClFN3O8. The fraction of sp³-hybridized carbons (Fsp3) is 0.311. The van der Waals surface area contributed by atoms with E-state index >= 15 is 4.79 Å². The molecule has 4 aliphatic rings. The van der Waals surface area contributed by atoms with Gasteiger partial charge in [0, 0.05) is 35.5 Å². The summed E-state index contributed by atoms with van der Waals surface area (Å²) in [6.07, 6.45) is 3.53. The van der Waals surface area contributed by atoms with E-state index in [4.69, 9.17) is 21.4 Å². The van der Waals surface area contributed by atoms with E-state index in [1.165, 1.54) is 35.2 Å². The van der Waals surface area contributed by atoms with Gasteiger partial charge in [-0.05, 0) is 85.2 Å². The van der Waals surface area contributed by atoms with Crippen molar-refractivity contribution in [1.82, 2.24) is 9.91 Å². The van der Waals surface area contributed by atoms with Crippen LogP contribution < -0.4 is 10.2 Å². The summed E-state index contributed by atoms with van der Waals surface area (Å²) < 4.78 is 20.0. The Morgan fingerprint density at radius 1 is 0.879 bits per heavy atom. The van der Waals surface area contributed by atoms with E-state index in [1.54, 1.807) is 36.4 Å². The second-order valence-electron chi connectivity index (χ2n) is 15.4. The molecule has 2 aliphatic carbocycles. The minimum atomic E-state index is -1.66. The first-order valence-electron chi connectivity index (χ1n) is 19.4. The van der Waals surface area contributed by atoms with Crippen LogP contribution in [0.5, 0.6) is 11.5 Å². The van der Waals surface area contributed by atoms with Crippen LogP contribution in [-0.2, 0) is 36.0 Å². The molecular weight excluding hydrogens is 765 g/mol. The lowest BCUT2D eigenvalue weighted by atomic mass is 9.49. The van der Waals surface area contributed by atoms with Gasteiger partial charge in [-0.3, -0.25) is 34.3 Å². The van der Waals surface area contributed by atoms with E-state index in [1.807, 2.05) is 36.4 Å². The average Bonchev–Trinajstić information content (AvgIpc) is 3.58. The van der Waals surface area contributed by atoms with Gasteiger partial charge in [0.25, 0.3) is 11.8 Å². The van der Waals surface area contributed by atoms with E-state index in [9.17, 15) is 28.7 Å². The Kier molecular flexibility index (Phi) is 10.5. The van der Waals surface area contributed by atoms with Crippen molar-refractivity contribution in [3.8, 4) is 11.5 Å². The molecule has 0 radical (unpaired) electrons. The molecule has 1 saturated carbocycles. The molecule has 0 bridgehead atoms. The third-order valence-electron chi connectivity index (χ3n) is 12.2.